The first-order chi connectivity index (χ1) is 16.5. The van der Waals surface area contributed by atoms with Gasteiger partial charge in [-0.05, 0) is 49.4 Å². The van der Waals surface area contributed by atoms with Gasteiger partial charge in [-0.15, -0.1) is 11.3 Å². The highest BCUT2D eigenvalue weighted by atomic mass is 32.2. The molecule has 0 aliphatic rings. The predicted molar refractivity (Wildman–Crippen MR) is 137 cm³/mol. The molecule has 1 N–H and O–H groups in total. The zero-order chi connectivity index (χ0) is 24.2. The van der Waals surface area contributed by atoms with Crippen molar-refractivity contribution in [1.29, 1.82) is 0 Å². The van der Waals surface area contributed by atoms with E-state index in [0.29, 0.717) is 32.8 Å². The number of para-hydroxylation sites is 2. The van der Waals surface area contributed by atoms with Gasteiger partial charge in [0.15, 0.2) is 9.99 Å². The molecule has 0 saturated carbocycles. The van der Waals surface area contributed by atoms with Crippen LogP contribution in [0.1, 0.15) is 19.4 Å². The highest BCUT2D eigenvalue weighted by molar-refractivity contribution is 8.00. The van der Waals surface area contributed by atoms with Crippen molar-refractivity contribution in [2.24, 2.45) is 0 Å². The number of aromatic nitrogens is 3. The number of thiazole rings is 1. The topological polar surface area (TPSA) is 95.2 Å². The van der Waals surface area contributed by atoms with Crippen molar-refractivity contribution >= 4 is 45.0 Å². The fourth-order valence-corrected chi connectivity index (χ4v) is 5.03. The molecule has 176 valence electrons. The van der Waals surface area contributed by atoms with E-state index in [1.807, 2.05) is 38.3 Å². The number of hydrogen-bond acceptors (Lipinski definition) is 7. The first-order valence-corrected chi connectivity index (χ1v) is 12.8. The Labute approximate surface area is 204 Å². The Bertz CT molecular complexity index is 1450. The van der Waals surface area contributed by atoms with Crippen molar-refractivity contribution in [1.82, 2.24) is 14.1 Å². The summed E-state index contributed by atoms with van der Waals surface area (Å²) < 4.78 is 8.89. The Hall–Kier alpha value is -3.37. The van der Waals surface area contributed by atoms with Crippen LogP contribution in [0.2, 0.25) is 0 Å². The molecule has 34 heavy (non-hydrogen) atoms. The monoisotopic (exact) mass is 496 g/mol. The Balaban J connectivity index is 1.80. The molecule has 0 unspecified atom stereocenters. The quantitative estimate of drug-likeness (QED) is 0.372. The van der Waals surface area contributed by atoms with Gasteiger partial charge < -0.3 is 10.1 Å². The predicted octanol–water partition coefficient (Wildman–Crippen LogP) is 3.93. The van der Waals surface area contributed by atoms with E-state index in [1.165, 1.54) is 27.7 Å². The minimum atomic E-state index is -0.618. The van der Waals surface area contributed by atoms with E-state index in [2.05, 4.69) is 10.3 Å². The molecule has 0 atom stereocenters. The van der Waals surface area contributed by atoms with Gasteiger partial charge in [-0.25, -0.2) is 14.3 Å². The number of nitrogens with one attached hydrogen (secondary N) is 1. The minimum absolute atomic E-state index is 0.207. The molecule has 0 aliphatic heterocycles. The van der Waals surface area contributed by atoms with Crippen LogP contribution in [0, 0.1) is 0 Å². The molecular formula is C24H24N4O4S2. The van der Waals surface area contributed by atoms with Gasteiger partial charge in [-0.2, -0.15) is 0 Å². The summed E-state index contributed by atoms with van der Waals surface area (Å²) in [7, 11) is 0. The maximum absolute atomic E-state index is 13.5. The summed E-state index contributed by atoms with van der Waals surface area (Å²) in [5.41, 5.74) is 1.19. The molecule has 0 bridgehead atoms. The van der Waals surface area contributed by atoms with Gasteiger partial charge in [-0.3, -0.25) is 14.2 Å². The molecule has 2 heterocycles. The lowest BCUT2D eigenvalue weighted by Gasteiger charge is -2.13. The van der Waals surface area contributed by atoms with Crippen molar-refractivity contribution in [2.75, 3.05) is 18.2 Å². The number of nitrogens with zero attached hydrogens (tertiary/aromatic N) is 3. The summed E-state index contributed by atoms with van der Waals surface area (Å²) in [4.78, 5) is 44.2. The van der Waals surface area contributed by atoms with E-state index in [4.69, 9.17) is 4.74 Å². The summed E-state index contributed by atoms with van der Waals surface area (Å²) >= 11 is 2.59. The van der Waals surface area contributed by atoms with E-state index in [0.717, 1.165) is 16.6 Å². The van der Waals surface area contributed by atoms with E-state index in [9.17, 15) is 14.4 Å². The van der Waals surface area contributed by atoms with Crippen LogP contribution in [0.5, 0.6) is 5.75 Å². The van der Waals surface area contributed by atoms with E-state index in [-0.39, 0.29) is 12.2 Å². The van der Waals surface area contributed by atoms with Crippen molar-refractivity contribution in [3.8, 4) is 11.4 Å². The van der Waals surface area contributed by atoms with Gasteiger partial charge in [0.2, 0.25) is 5.91 Å². The zero-order valence-electron chi connectivity index (χ0n) is 19.0. The number of carbonyl (C=O) groups is 1. The Morgan fingerprint density at radius 1 is 1.12 bits per heavy atom. The van der Waals surface area contributed by atoms with Crippen LogP contribution < -0.4 is 21.3 Å². The maximum Gasteiger partial charge on any atom is 0.337 e. The Morgan fingerprint density at radius 3 is 2.53 bits per heavy atom. The second kappa shape index (κ2) is 10.3. The molecule has 1 amide bonds. The average molecular weight is 497 g/mol. The average Bonchev–Trinajstić information content (AvgIpc) is 3.29. The first kappa shape index (κ1) is 23.8. The third-order valence-electron chi connectivity index (χ3n) is 5.20. The molecule has 0 aliphatic carbocycles. The number of benzene rings is 2. The third-order valence-corrected chi connectivity index (χ3v) is 7.22. The maximum atomic E-state index is 13.5. The lowest BCUT2D eigenvalue weighted by molar-refractivity contribution is -0.116. The number of amides is 1. The number of carbonyl (C=O) groups excluding carboxylic acids is 1. The fourth-order valence-electron chi connectivity index (χ4n) is 3.54. The van der Waals surface area contributed by atoms with Crippen molar-refractivity contribution in [2.45, 2.75) is 31.2 Å². The largest absolute Gasteiger partial charge is 0.492 e. The standard InChI is InChI=1S/C24H24N4O4S2/c1-4-15-10-12-16(13-11-15)28-22(30)20-21(26-23(33-3)34-20)27(24(28)31)14-19(29)25-17-8-6-7-9-18(17)32-5-2/h6-13H,4-5,14H2,1-3H3,(H,25,29). The second-order valence-corrected chi connectivity index (χ2v) is 9.40. The van der Waals surface area contributed by atoms with Crippen molar-refractivity contribution in [3.63, 3.8) is 0 Å². The number of anilines is 1. The van der Waals surface area contributed by atoms with Gasteiger partial charge in [0, 0.05) is 0 Å². The van der Waals surface area contributed by atoms with Crippen LogP contribution in [0.15, 0.2) is 62.5 Å². The molecule has 8 nitrogen and oxygen atoms in total. The van der Waals surface area contributed by atoms with Crippen LogP contribution in [-0.2, 0) is 17.8 Å². The SMILES string of the molecule is CCOc1ccccc1NC(=O)Cn1c(=O)n(-c2ccc(CC)cc2)c(=O)c2sc(SC)nc21. The highest BCUT2D eigenvalue weighted by Crippen LogP contribution is 2.26. The molecular weight excluding hydrogens is 472 g/mol. The fraction of sp³-hybridized carbons (Fsp3) is 0.250. The number of fused-ring (bicyclic) bond motifs is 1. The molecule has 0 radical (unpaired) electrons. The van der Waals surface area contributed by atoms with Gasteiger partial charge >= 0.3 is 5.69 Å². The summed E-state index contributed by atoms with van der Waals surface area (Å²) in [5, 5.41) is 2.80. The molecule has 0 spiro atoms. The number of ether oxygens (including phenoxy) is 1. The van der Waals surface area contributed by atoms with Crippen molar-refractivity contribution in [3.05, 3.63) is 74.9 Å². The van der Waals surface area contributed by atoms with Gasteiger partial charge in [0.05, 0.1) is 18.0 Å². The summed E-state index contributed by atoms with van der Waals surface area (Å²) in [6, 6.07) is 14.3. The number of thioether (sulfide) groups is 1. The van der Waals surface area contributed by atoms with Gasteiger partial charge in [0.1, 0.15) is 17.0 Å². The summed E-state index contributed by atoms with van der Waals surface area (Å²) in [6.07, 6.45) is 2.69. The van der Waals surface area contributed by atoms with E-state index >= 15 is 0 Å². The molecule has 4 aromatic rings. The smallest absolute Gasteiger partial charge is 0.337 e. The van der Waals surface area contributed by atoms with Crippen LogP contribution in [0.25, 0.3) is 16.0 Å². The molecule has 10 heteroatoms. The van der Waals surface area contributed by atoms with E-state index < -0.39 is 17.2 Å². The second-order valence-electron chi connectivity index (χ2n) is 7.34. The van der Waals surface area contributed by atoms with Crippen LogP contribution in [0.3, 0.4) is 0 Å². The molecule has 2 aromatic carbocycles. The van der Waals surface area contributed by atoms with Crippen LogP contribution in [-0.4, -0.2) is 32.9 Å². The highest BCUT2D eigenvalue weighted by Gasteiger charge is 2.21. The molecule has 2 aromatic heterocycles. The number of hydrogen-bond donors (Lipinski definition) is 1. The van der Waals surface area contributed by atoms with Gasteiger partial charge in [-0.1, -0.05) is 43.0 Å². The van der Waals surface area contributed by atoms with Crippen molar-refractivity contribution < 1.29 is 9.53 Å². The first-order valence-electron chi connectivity index (χ1n) is 10.8. The minimum Gasteiger partial charge on any atom is -0.492 e. The summed E-state index contributed by atoms with van der Waals surface area (Å²) in [6.45, 7) is 4.03. The third kappa shape index (κ3) is 4.64. The molecule has 0 saturated heterocycles. The zero-order valence-corrected chi connectivity index (χ0v) is 20.7. The lowest BCUT2D eigenvalue weighted by atomic mass is 10.1. The van der Waals surface area contributed by atoms with E-state index in [1.54, 1.807) is 30.3 Å². The van der Waals surface area contributed by atoms with Crippen LogP contribution >= 0.6 is 23.1 Å². The molecule has 0 fully saturated rings. The molecule has 4 rings (SSSR count). The summed E-state index contributed by atoms with van der Waals surface area (Å²) in [5.74, 6) is 0.107. The van der Waals surface area contributed by atoms with Gasteiger partial charge in [0.25, 0.3) is 5.56 Å². The number of rotatable bonds is 8. The number of aryl methyl sites for hydroxylation is 1. The van der Waals surface area contributed by atoms with Crippen LogP contribution in [0.4, 0.5) is 5.69 Å². The Morgan fingerprint density at radius 2 is 1.85 bits per heavy atom. The lowest BCUT2D eigenvalue weighted by Crippen LogP contribution is -2.40. The Kier molecular flexibility index (Phi) is 7.18. The normalized spacial score (nSPS) is 11.0.